The van der Waals surface area contributed by atoms with Gasteiger partial charge in [0.15, 0.2) is 6.29 Å². The molecule has 1 aromatic carbocycles. The van der Waals surface area contributed by atoms with Gasteiger partial charge < -0.3 is 10.2 Å². The Morgan fingerprint density at radius 3 is 2.45 bits per heavy atom. The molecule has 3 fully saturated rings. The second-order valence-corrected chi connectivity index (χ2v) is 11.3. The summed E-state index contributed by atoms with van der Waals surface area (Å²) in [5, 5.41) is 2.30. The lowest BCUT2D eigenvalue weighted by Crippen LogP contribution is -2.62. The number of piperidine rings is 1. The molecule has 10 heteroatoms. The van der Waals surface area contributed by atoms with Crippen molar-refractivity contribution in [3.05, 3.63) is 28.8 Å². The Morgan fingerprint density at radius 1 is 1.24 bits per heavy atom. The smallest absolute Gasteiger partial charge is 0.380 e. The van der Waals surface area contributed by atoms with Crippen LogP contribution in [0.2, 0.25) is 5.02 Å². The van der Waals surface area contributed by atoms with Crippen LogP contribution >= 0.6 is 23.4 Å². The van der Waals surface area contributed by atoms with E-state index in [1.165, 1.54) is 11.8 Å². The average molecular weight is 504 g/mol. The molecule has 1 aromatic rings. The molecule has 3 aliphatic heterocycles. The number of halogens is 4. The van der Waals surface area contributed by atoms with Crippen molar-refractivity contribution >= 4 is 41.2 Å². The summed E-state index contributed by atoms with van der Waals surface area (Å²) in [5.41, 5.74) is 1.33. The molecule has 0 saturated carbocycles. The minimum atomic E-state index is -4.34. The van der Waals surface area contributed by atoms with Crippen molar-refractivity contribution in [2.75, 3.05) is 31.5 Å². The minimum absolute atomic E-state index is 0.108. The summed E-state index contributed by atoms with van der Waals surface area (Å²) < 4.78 is 40.6. The molecular formula is C23H29ClF3N3O2S. The van der Waals surface area contributed by atoms with Crippen molar-refractivity contribution in [1.82, 2.24) is 9.80 Å². The highest BCUT2D eigenvalue weighted by Crippen LogP contribution is 2.54. The minimum Gasteiger partial charge on any atom is -0.380 e. The first kappa shape index (κ1) is 24.7. The van der Waals surface area contributed by atoms with Crippen LogP contribution < -0.4 is 5.32 Å². The van der Waals surface area contributed by atoms with Gasteiger partial charge in [0, 0.05) is 48.7 Å². The van der Waals surface area contributed by atoms with Crippen LogP contribution in [0.4, 0.5) is 18.9 Å². The highest BCUT2D eigenvalue weighted by Gasteiger charge is 2.61. The third kappa shape index (κ3) is 5.15. The molecule has 182 valence electrons. The van der Waals surface area contributed by atoms with Crippen molar-refractivity contribution < 1.29 is 22.8 Å². The van der Waals surface area contributed by atoms with E-state index in [1.54, 1.807) is 30.9 Å². The lowest BCUT2D eigenvalue weighted by molar-refractivity contribution is -0.186. The number of amides is 1. The molecule has 0 aliphatic carbocycles. The zero-order chi connectivity index (χ0) is 23.9. The quantitative estimate of drug-likeness (QED) is 0.577. The van der Waals surface area contributed by atoms with E-state index >= 15 is 0 Å². The van der Waals surface area contributed by atoms with Crippen LogP contribution in [0.3, 0.4) is 0 Å². The van der Waals surface area contributed by atoms with Crippen LogP contribution in [-0.4, -0.2) is 76.9 Å². The SMILES string of the molecule is CC(C)C1SC(C(=O)N2CCC(N3CC(Nc4ccc(C=O)c(Cl)c4)C3)CC2)C1C(F)(F)F. The molecule has 0 aromatic heterocycles. The third-order valence-electron chi connectivity index (χ3n) is 6.96. The van der Waals surface area contributed by atoms with Gasteiger partial charge >= 0.3 is 6.18 Å². The van der Waals surface area contributed by atoms with Crippen LogP contribution in [0.1, 0.15) is 37.0 Å². The van der Waals surface area contributed by atoms with E-state index in [-0.39, 0.29) is 17.9 Å². The topological polar surface area (TPSA) is 52.7 Å². The Balaban J connectivity index is 1.23. The number of rotatable bonds is 6. The number of hydrogen-bond acceptors (Lipinski definition) is 5. The molecule has 4 rings (SSSR count). The summed E-state index contributed by atoms with van der Waals surface area (Å²) in [6.07, 6.45) is -2.06. The van der Waals surface area contributed by atoms with Crippen molar-refractivity contribution in [1.29, 1.82) is 0 Å². The van der Waals surface area contributed by atoms with Crippen LogP contribution in [0, 0.1) is 11.8 Å². The number of aldehydes is 1. The zero-order valence-corrected chi connectivity index (χ0v) is 20.2. The first-order chi connectivity index (χ1) is 15.6. The van der Waals surface area contributed by atoms with Gasteiger partial charge in [-0.2, -0.15) is 13.2 Å². The van der Waals surface area contributed by atoms with E-state index < -0.39 is 22.6 Å². The fraction of sp³-hybridized carbons (Fsp3) is 0.652. The Bertz CT molecular complexity index is 886. The average Bonchev–Trinajstić information content (AvgIpc) is 2.68. The molecule has 3 heterocycles. The molecule has 3 unspecified atom stereocenters. The summed E-state index contributed by atoms with van der Waals surface area (Å²) in [6.45, 7) is 6.30. The first-order valence-electron chi connectivity index (χ1n) is 11.3. The lowest BCUT2D eigenvalue weighted by atomic mass is 9.89. The second-order valence-electron chi connectivity index (χ2n) is 9.54. The summed E-state index contributed by atoms with van der Waals surface area (Å²) in [4.78, 5) is 27.7. The molecule has 0 radical (unpaired) electrons. The Hall–Kier alpha value is -1.45. The zero-order valence-electron chi connectivity index (χ0n) is 18.6. The summed E-state index contributed by atoms with van der Waals surface area (Å²) >= 11 is 7.27. The largest absolute Gasteiger partial charge is 0.394 e. The summed E-state index contributed by atoms with van der Waals surface area (Å²) in [7, 11) is 0. The molecule has 3 aliphatic rings. The predicted octanol–water partition coefficient (Wildman–Crippen LogP) is 4.56. The highest BCUT2D eigenvalue weighted by atomic mass is 35.5. The van der Waals surface area contributed by atoms with Crippen LogP contribution in [0.25, 0.3) is 0 Å². The molecule has 0 bridgehead atoms. The molecule has 3 saturated heterocycles. The monoisotopic (exact) mass is 503 g/mol. The van der Waals surface area contributed by atoms with E-state index in [0.29, 0.717) is 29.7 Å². The van der Waals surface area contributed by atoms with Crippen LogP contribution in [-0.2, 0) is 4.79 Å². The van der Waals surface area contributed by atoms with E-state index in [1.807, 2.05) is 6.07 Å². The van der Waals surface area contributed by atoms with E-state index in [4.69, 9.17) is 11.6 Å². The van der Waals surface area contributed by atoms with Crippen molar-refractivity contribution in [2.45, 2.75) is 55.4 Å². The number of carbonyl (C=O) groups is 2. The van der Waals surface area contributed by atoms with Crippen molar-refractivity contribution in [3.63, 3.8) is 0 Å². The number of benzene rings is 1. The molecule has 1 N–H and O–H groups in total. The molecule has 33 heavy (non-hydrogen) atoms. The fourth-order valence-electron chi connectivity index (χ4n) is 5.04. The van der Waals surface area contributed by atoms with Gasteiger partial charge in [0.05, 0.1) is 22.2 Å². The number of hydrogen-bond donors (Lipinski definition) is 1. The molecule has 3 atom stereocenters. The summed E-state index contributed by atoms with van der Waals surface area (Å²) in [5.74, 6) is -2.00. The van der Waals surface area contributed by atoms with Gasteiger partial charge in [-0.3, -0.25) is 14.5 Å². The molecule has 0 spiro atoms. The first-order valence-corrected chi connectivity index (χ1v) is 12.7. The maximum atomic E-state index is 13.5. The van der Waals surface area contributed by atoms with Gasteiger partial charge in [-0.05, 0) is 37.0 Å². The molecule has 5 nitrogen and oxygen atoms in total. The number of thioether (sulfide) groups is 1. The van der Waals surface area contributed by atoms with Gasteiger partial charge in [0.2, 0.25) is 5.91 Å². The standard InChI is InChI=1S/C23H29ClF3N3O2S/c1-13(2)20-19(23(25,26)27)21(33-20)22(32)29-7-5-17(6-8-29)30-10-16(11-30)28-15-4-3-14(12-31)18(24)9-15/h3-4,9,12-13,16-17,19-21,28H,5-8,10-11H2,1-2H3. The maximum Gasteiger partial charge on any atom is 0.394 e. The Morgan fingerprint density at radius 2 is 1.91 bits per heavy atom. The normalized spacial score (nSPS) is 27.2. The van der Waals surface area contributed by atoms with E-state index in [9.17, 15) is 22.8 Å². The maximum absolute atomic E-state index is 13.5. The van der Waals surface area contributed by atoms with Crippen LogP contribution in [0.5, 0.6) is 0 Å². The van der Waals surface area contributed by atoms with Gasteiger partial charge in [-0.15, -0.1) is 11.8 Å². The number of carbonyl (C=O) groups excluding carboxylic acids is 2. The van der Waals surface area contributed by atoms with E-state index in [0.717, 1.165) is 37.9 Å². The number of anilines is 1. The van der Waals surface area contributed by atoms with Gasteiger partial charge in [0.25, 0.3) is 0 Å². The lowest BCUT2D eigenvalue weighted by Gasteiger charge is -2.50. The van der Waals surface area contributed by atoms with E-state index in [2.05, 4.69) is 10.2 Å². The Labute approximate surface area is 201 Å². The number of alkyl halides is 3. The highest BCUT2D eigenvalue weighted by molar-refractivity contribution is 8.02. The Kier molecular flexibility index (Phi) is 7.22. The second kappa shape index (κ2) is 9.66. The van der Waals surface area contributed by atoms with Gasteiger partial charge in [-0.1, -0.05) is 25.4 Å². The fourth-order valence-corrected chi connectivity index (χ4v) is 6.89. The third-order valence-corrected chi connectivity index (χ3v) is 9.23. The number of likely N-dealkylation sites (tertiary alicyclic amines) is 2. The van der Waals surface area contributed by atoms with Crippen molar-refractivity contribution in [3.8, 4) is 0 Å². The van der Waals surface area contributed by atoms with Gasteiger partial charge in [-0.25, -0.2) is 0 Å². The molecular weight excluding hydrogens is 475 g/mol. The van der Waals surface area contributed by atoms with Gasteiger partial charge in [0.1, 0.15) is 0 Å². The predicted molar refractivity (Wildman–Crippen MR) is 125 cm³/mol. The summed E-state index contributed by atoms with van der Waals surface area (Å²) in [6, 6.07) is 5.88. The number of nitrogens with zero attached hydrogens (tertiary/aromatic N) is 2. The van der Waals surface area contributed by atoms with Crippen molar-refractivity contribution in [2.24, 2.45) is 11.8 Å². The van der Waals surface area contributed by atoms with Crippen LogP contribution in [0.15, 0.2) is 18.2 Å². The molecule has 1 amide bonds. The number of nitrogens with one attached hydrogen (secondary N) is 1.